The number of rotatable bonds is 5. The Morgan fingerprint density at radius 3 is 2.57 bits per heavy atom. The van der Waals surface area contributed by atoms with Crippen LogP contribution in [0.1, 0.15) is 32.0 Å². The van der Waals surface area contributed by atoms with Gasteiger partial charge in [0.15, 0.2) is 10.3 Å². The predicted molar refractivity (Wildman–Crippen MR) is 117 cm³/mol. The molecule has 0 atom stereocenters. The molecule has 2 N–H and O–H groups in total. The zero-order valence-corrected chi connectivity index (χ0v) is 18.5. The molecule has 0 unspecified atom stereocenters. The second kappa shape index (κ2) is 7.89. The molecule has 3 rings (SSSR count). The molecule has 148 valence electrons. The fourth-order valence-electron chi connectivity index (χ4n) is 2.44. The first-order valence-corrected chi connectivity index (χ1v) is 10.5. The molecule has 0 aliphatic carbocycles. The summed E-state index contributed by atoms with van der Waals surface area (Å²) in [5.74, 6) is 0.712. The van der Waals surface area contributed by atoms with E-state index in [1.807, 2.05) is 58.2 Å². The molecular formula is C20H24N4O2S2. The third-order valence-corrected chi connectivity index (χ3v) is 5.88. The molecule has 0 saturated carbocycles. The zero-order chi connectivity index (χ0) is 20.5. The zero-order valence-electron chi connectivity index (χ0n) is 16.8. The minimum Gasteiger partial charge on any atom is -0.495 e. The molecule has 0 spiro atoms. The van der Waals surface area contributed by atoms with Crippen LogP contribution in [0, 0.1) is 19.3 Å². The van der Waals surface area contributed by atoms with Gasteiger partial charge in [-0.15, -0.1) is 11.3 Å². The second-order valence-electron chi connectivity index (χ2n) is 7.50. The monoisotopic (exact) mass is 416 g/mol. The summed E-state index contributed by atoms with van der Waals surface area (Å²) in [6, 6.07) is 5.97. The number of anilines is 3. The van der Waals surface area contributed by atoms with Gasteiger partial charge in [0.05, 0.1) is 29.1 Å². The molecule has 0 aliphatic heterocycles. The fraction of sp³-hybridized carbons (Fsp3) is 0.350. The van der Waals surface area contributed by atoms with Crippen LogP contribution in [0.4, 0.5) is 16.0 Å². The van der Waals surface area contributed by atoms with Crippen LogP contribution >= 0.6 is 22.7 Å². The van der Waals surface area contributed by atoms with Crippen LogP contribution in [0.5, 0.6) is 5.75 Å². The molecule has 0 bridgehead atoms. The Kier molecular flexibility index (Phi) is 5.71. The summed E-state index contributed by atoms with van der Waals surface area (Å²) in [6.07, 6.45) is 0. The molecule has 0 saturated heterocycles. The summed E-state index contributed by atoms with van der Waals surface area (Å²) in [5.41, 5.74) is 3.23. The molecular weight excluding hydrogens is 392 g/mol. The summed E-state index contributed by atoms with van der Waals surface area (Å²) >= 11 is 2.95. The summed E-state index contributed by atoms with van der Waals surface area (Å²) in [6.45, 7) is 9.59. The number of ether oxygens (including phenoxy) is 1. The standard InChI is InChI=1S/C20H24N4O2S2/c1-11-7-8-15(26-6)13(9-11)22-18-23-14(10-27-18)16-12(2)21-19(28-16)24-17(25)20(3,4)5/h7-10H,1-6H3,(H,22,23)(H,21,24,25). The van der Waals surface area contributed by atoms with Gasteiger partial charge in [-0.1, -0.05) is 38.2 Å². The number of nitrogens with zero attached hydrogens (tertiary/aromatic N) is 2. The predicted octanol–water partition coefficient (Wildman–Crippen LogP) is 5.62. The second-order valence-corrected chi connectivity index (χ2v) is 9.36. The van der Waals surface area contributed by atoms with Crippen molar-refractivity contribution < 1.29 is 9.53 Å². The van der Waals surface area contributed by atoms with Crippen molar-refractivity contribution in [1.29, 1.82) is 0 Å². The first kappa shape index (κ1) is 20.3. The highest BCUT2D eigenvalue weighted by atomic mass is 32.1. The van der Waals surface area contributed by atoms with Crippen molar-refractivity contribution in [3.05, 3.63) is 34.8 Å². The highest BCUT2D eigenvalue weighted by Gasteiger charge is 2.23. The van der Waals surface area contributed by atoms with Gasteiger partial charge in [0.1, 0.15) is 5.75 Å². The highest BCUT2D eigenvalue weighted by Crippen LogP contribution is 2.36. The minimum absolute atomic E-state index is 0.0556. The first-order chi connectivity index (χ1) is 13.2. The highest BCUT2D eigenvalue weighted by molar-refractivity contribution is 7.20. The third kappa shape index (κ3) is 4.51. The van der Waals surface area contributed by atoms with Crippen LogP contribution in [0.25, 0.3) is 10.6 Å². The number of thiazole rings is 2. The molecule has 8 heteroatoms. The minimum atomic E-state index is -0.468. The van der Waals surface area contributed by atoms with Gasteiger partial charge in [0, 0.05) is 10.8 Å². The van der Waals surface area contributed by atoms with Crippen LogP contribution in [0.2, 0.25) is 0 Å². The number of carbonyl (C=O) groups excluding carboxylic acids is 1. The van der Waals surface area contributed by atoms with E-state index in [2.05, 4.69) is 15.6 Å². The van der Waals surface area contributed by atoms with Crippen molar-refractivity contribution in [3.8, 4) is 16.3 Å². The van der Waals surface area contributed by atoms with Crippen LogP contribution in [-0.2, 0) is 4.79 Å². The van der Waals surface area contributed by atoms with E-state index in [-0.39, 0.29) is 5.91 Å². The number of aromatic nitrogens is 2. The molecule has 0 fully saturated rings. The summed E-state index contributed by atoms with van der Waals surface area (Å²) in [5, 5.41) is 9.57. The smallest absolute Gasteiger partial charge is 0.231 e. The van der Waals surface area contributed by atoms with E-state index in [4.69, 9.17) is 9.72 Å². The maximum Gasteiger partial charge on any atom is 0.231 e. The number of hydrogen-bond donors (Lipinski definition) is 2. The van der Waals surface area contributed by atoms with E-state index >= 15 is 0 Å². The quantitative estimate of drug-likeness (QED) is 0.564. The molecule has 2 aromatic heterocycles. The normalized spacial score (nSPS) is 11.4. The largest absolute Gasteiger partial charge is 0.495 e. The number of hydrogen-bond acceptors (Lipinski definition) is 7. The van der Waals surface area contributed by atoms with Crippen LogP contribution in [0.15, 0.2) is 23.6 Å². The van der Waals surface area contributed by atoms with Crippen LogP contribution < -0.4 is 15.4 Å². The molecule has 2 heterocycles. The van der Waals surface area contributed by atoms with Crippen molar-refractivity contribution in [2.45, 2.75) is 34.6 Å². The van der Waals surface area contributed by atoms with E-state index in [0.29, 0.717) is 5.13 Å². The van der Waals surface area contributed by atoms with Gasteiger partial charge in [0.2, 0.25) is 5.91 Å². The summed E-state index contributed by atoms with van der Waals surface area (Å²) < 4.78 is 5.42. The molecule has 6 nitrogen and oxygen atoms in total. The van der Waals surface area contributed by atoms with Crippen LogP contribution in [-0.4, -0.2) is 23.0 Å². The Morgan fingerprint density at radius 2 is 1.89 bits per heavy atom. The molecule has 3 aromatic rings. The van der Waals surface area contributed by atoms with Gasteiger partial charge in [-0.2, -0.15) is 0 Å². The van der Waals surface area contributed by atoms with E-state index in [9.17, 15) is 4.79 Å². The van der Waals surface area contributed by atoms with Gasteiger partial charge >= 0.3 is 0 Å². The number of amides is 1. The lowest BCUT2D eigenvalue weighted by molar-refractivity contribution is -0.123. The van der Waals surface area contributed by atoms with Gasteiger partial charge in [-0.3, -0.25) is 4.79 Å². The average Bonchev–Trinajstić information content (AvgIpc) is 3.20. The SMILES string of the molecule is COc1ccc(C)cc1Nc1nc(-c2sc(NC(=O)C(C)(C)C)nc2C)cs1. The van der Waals surface area contributed by atoms with Gasteiger partial charge < -0.3 is 15.4 Å². The number of methoxy groups -OCH3 is 1. The van der Waals surface area contributed by atoms with E-state index in [1.165, 1.54) is 22.7 Å². The average molecular weight is 417 g/mol. The third-order valence-electron chi connectivity index (χ3n) is 4.03. The van der Waals surface area contributed by atoms with E-state index < -0.39 is 5.41 Å². The van der Waals surface area contributed by atoms with E-state index in [0.717, 1.165) is 38.4 Å². The van der Waals surface area contributed by atoms with Crippen LogP contribution in [0.3, 0.4) is 0 Å². The Labute approximate surface area is 173 Å². The summed E-state index contributed by atoms with van der Waals surface area (Å²) in [7, 11) is 1.65. The number of aryl methyl sites for hydroxylation is 2. The van der Waals surface area contributed by atoms with Gasteiger partial charge in [0.25, 0.3) is 0 Å². The number of nitrogens with one attached hydrogen (secondary N) is 2. The Morgan fingerprint density at radius 1 is 1.14 bits per heavy atom. The topological polar surface area (TPSA) is 76.1 Å². The molecule has 1 aromatic carbocycles. The van der Waals surface area contributed by atoms with Crippen molar-refractivity contribution >= 4 is 44.5 Å². The molecule has 0 radical (unpaired) electrons. The Bertz CT molecular complexity index is 1000. The first-order valence-electron chi connectivity index (χ1n) is 8.84. The van der Waals surface area contributed by atoms with Gasteiger partial charge in [-0.05, 0) is 31.5 Å². The molecule has 1 amide bonds. The Hall–Kier alpha value is -2.45. The maximum absolute atomic E-state index is 12.2. The van der Waals surface area contributed by atoms with Crippen molar-refractivity contribution in [2.24, 2.45) is 5.41 Å². The summed E-state index contributed by atoms with van der Waals surface area (Å²) in [4.78, 5) is 22.3. The molecule has 0 aliphatic rings. The fourth-order valence-corrected chi connectivity index (χ4v) is 4.15. The van der Waals surface area contributed by atoms with Crippen molar-refractivity contribution in [2.75, 3.05) is 17.7 Å². The number of benzene rings is 1. The lowest BCUT2D eigenvalue weighted by atomic mass is 9.96. The van der Waals surface area contributed by atoms with Crippen molar-refractivity contribution in [3.63, 3.8) is 0 Å². The maximum atomic E-state index is 12.2. The number of carbonyl (C=O) groups is 1. The lowest BCUT2D eigenvalue weighted by Gasteiger charge is -2.15. The lowest BCUT2D eigenvalue weighted by Crippen LogP contribution is -2.27. The van der Waals surface area contributed by atoms with Crippen molar-refractivity contribution in [1.82, 2.24) is 9.97 Å². The Balaban J connectivity index is 1.81. The van der Waals surface area contributed by atoms with E-state index in [1.54, 1.807) is 7.11 Å². The molecule has 28 heavy (non-hydrogen) atoms. The van der Waals surface area contributed by atoms with Gasteiger partial charge in [-0.25, -0.2) is 9.97 Å².